The highest BCUT2D eigenvalue weighted by Gasteiger charge is 2.25. The predicted octanol–water partition coefficient (Wildman–Crippen LogP) is 3.40. The molecular formula is C14H18BrN. The minimum absolute atomic E-state index is 0.816. The fraction of sp³-hybridized carbons (Fsp3) is 0.571. The maximum Gasteiger partial charge on any atom is 0.0178 e. The molecule has 0 radical (unpaired) electrons. The standard InChI is InChI=1S/C14H18BrN/c15-13-5-3-12-10-14(6-4-11(12)9-13)16-7-1-2-8-16/h3,5,9,14H,1-2,4,6-8,10H2. The van der Waals surface area contributed by atoms with Gasteiger partial charge in [-0.1, -0.05) is 22.0 Å². The van der Waals surface area contributed by atoms with E-state index in [1.54, 1.807) is 11.1 Å². The Morgan fingerprint density at radius 1 is 1.12 bits per heavy atom. The van der Waals surface area contributed by atoms with Crippen LogP contribution in [0, 0.1) is 0 Å². The van der Waals surface area contributed by atoms with Gasteiger partial charge in [0.1, 0.15) is 0 Å². The molecule has 0 amide bonds. The average molecular weight is 280 g/mol. The molecule has 1 aromatic rings. The Morgan fingerprint density at radius 2 is 1.94 bits per heavy atom. The second kappa shape index (κ2) is 4.50. The molecule has 0 spiro atoms. The number of aryl methyl sites for hydroxylation is 1. The largest absolute Gasteiger partial charge is 0.300 e. The van der Waals surface area contributed by atoms with Crippen molar-refractivity contribution in [2.24, 2.45) is 0 Å². The van der Waals surface area contributed by atoms with Gasteiger partial charge in [-0.05, 0) is 68.5 Å². The van der Waals surface area contributed by atoms with Crippen molar-refractivity contribution in [1.29, 1.82) is 0 Å². The van der Waals surface area contributed by atoms with Gasteiger partial charge < -0.3 is 4.90 Å². The molecular weight excluding hydrogens is 262 g/mol. The first-order chi connectivity index (χ1) is 7.83. The summed E-state index contributed by atoms with van der Waals surface area (Å²) in [6, 6.07) is 7.61. The molecule has 1 aliphatic heterocycles. The fourth-order valence-electron chi connectivity index (χ4n) is 3.12. The quantitative estimate of drug-likeness (QED) is 0.762. The molecule has 1 saturated heterocycles. The monoisotopic (exact) mass is 279 g/mol. The van der Waals surface area contributed by atoms with Crippen molar-refractivity contribution < 1.29 is 0 Å². The van der Waals surface area contributed by atoms with Gasteiger partial charge in [0.2, 0.25) is 0 Å². The van der Waals surface area contributed by atoms with Crippen molar-refractivity contribution in [3.8, 4) is 0 Å². The fourth-order valence-corrected chi connectivity index (χ4v) is 3.53. The SMILES string of the molecule is Brc1ccc2c(c1)CCC(N1CCCC1)C2. The van der Waals surface area contributed by atoms with E-state index in [1.165, 1.54) is 49.7 Å². The highest BCUT2D eigenvalue weighted by Crippen LogP contribution is 2.28. The van der Waals surface area contributed by atoms with Crippen LogP contribution in [0.15, 0.2) is 22.7 Å². The maximum atomic E-state index is 3.56. The summed E-state index contributed by atoms with van der Waals surface area (Å²) in [5, 5.41) is 0. The molecule has 2 aliphatic rings. The first kappa shape index (κ1) is 10.8. The lowest BCUT2D eigenvalue weighted by Crippen LogP contribution is -2.37. The van der Waals surface area contributed by atoms with E-state index in [0.29, 0.717) is 0 Å². The van der Waals surface area contributed by atoms with Crippen LogP contribution in [0.1, 0.15) is 30.4 Å². The third-order valence-electron chi connectivity index (χ3n) is 4.03. The zero-order valence-electron chi connectivity index (χ0n) is 9.58. The van der Waals surface area contributed by atoms with Crippen LogP contribution in [0.4, 0.5) is 0 Å². The van der Waals surface area contributed by atoms with Crippen LogP contribution >= 0.6 is 15.9 Å². The minimum atomic E-state index is 0.816. The maximum absolute atomic E-state index is 3.56. The van der Waals surface area contributed by atoms with E-state index in [-0.39, 0.29) is 0 Å². The highest BCUT2D eigenvalue weighted by atomic mass is 79.9. The van der Waals surface area contributed by atoms with E-state index in [9.17, 15) is 0 Å². The molecule has 1 heterocycles. The first-order valence-electron chi connectivity index (χ1n) is 6.34. The van der Waals surface area contributed by atoms with E-state index >= 15 is 0 Å². The average Bonchev–Trinajstić information content (AvgIpc) is 2.82. The number of hydrogen-bond acceptors (Lipinski definition) is 1. The summed E-state index contributed by atoms with van der Waals surface area (Å²) < 4.78 is 1.23. The Balaban J connectivity index is 1.78. The Labute approximate surface area is 106 Å². The molecule has 0 bridgehead atoms. The summed E-state index contributed by atoms with van der Waals surface area (Å²) >= 11 is 3.56. The molecule has 2 heteroatoms. The Bertz CT molecular complexity index is 382. The van der Waals surface area contributed by atoms with Gasteiger partial charge in [-0.3, -0.25) is 0 Å². The Kier molecular flexibility index (Phi) is 3.03. The highest BCUT2D eigenvalue weighted by molar-refractivity contribution is 9.10. The molecule has 16 heavy (non-hydrogen) atoms. The molecule has 1 atom stereocenters. The van der Waals surface area contributed by atoms with Gasteiger partial charge in [-0.2, -0.15) is 0 Å². The Hall–Kier alpha value is -0.340. The number of rotatable bonds is 1. The van der Waals surface area contributed by atoms with Crippen LogP contribution in [0.25, 0.3) is 0 Å². The van der Waals surface area contributed by atoms with Crippen LogP contribution in [-0.2, 0) is 12.8 Å². The van der Waals surface area contributed by atoms with Crippen molar-refractivity contribution in [3.63, 3.8) is 0 Å². The van der Waals surface area contributed by atoms with Crippen LogP contribution < -0.4 is 0 Å². The van der Waals surface area contributed by atoms with Gasteiger partial charge >= 0.3 is 0 Å². The number of nitrogens with zero attached hydrogens (tertiary/aromatic N) is 1. The minimum Gasteiger partial charge on any atom is -0.300 e. The topological polar surface area (TPSA) is 3.24 Å². The van der Waals surface area contributed by atoms with Crippen LogP contribution in [0.2, 0.25) is 0 Å². The summed E-state index contributed by atoms with van der Waals surface area (Å²) in [6.45, 7) is 2.66. The summed E-state index contributed by atoms with van der Waals surface area (Å²) in [5.41, 5.74) is 3.14. The van der Waals surface area contributed by atoms with Gasteiger partial charge in [0.25, 0.3) is 0 Å². The second-order valence-corrected chi connectivity index (χ2v) is 5.97. The van der Waals surface area contributed by atoms with Gasteiger partial charge in [-0.15, -0.1) is 0 Å². The predicted molar refractivity (Wildman–Crippen MR) is 70.8 cm³/mol. The van der Waals surface area contributed by atoms with Crippen molar-refractivity contribution in [2.45, 2.75) is 38.1 Å². The van der Waals surface area contributed by atoms with Crippen LogP contribution in [0.3, 0.4) is 0 Å². The summed E-state index contributed by atoms with van der Waals surface area (Å²) in [5.74, 6) is 0. The van der Waals surface area contributed by atoms with E-state index in [2.05, 4.69) is 39.0 Å². The number of benzene rings is 1. The van der Waals surface area contributed by atoms with E-state index in [0.717, 1.165) is 6.04 Å². The Morgan fingerprint density at radius 3 is 2.75 bits per heavy atom. The van der Waals surface area contributed by atoms with Crippen LogP contribution in [-0.4, -0.2) is 24.0 Å². The lowest BCUT2D eigenvalue weighted by Gasteiger charge is -2.32. The summed E-state index contributed by atoms with van der Waals surface area (Å²) in [7, 11) is 0. The van der Waals surface area contributed by atoms with Gasteiger partial charge in [-0.25, -0.2) is 0 Å². The molecule has 0 N–H and O–H groups in total. The van der Waals surface area contributed by atoms with Crippen molar-refractivity contribution in [2.75, 3.05) is 13.1 Å². The van der Waals surface area contributed by atoms with Crippen LogP contribution in [0.5, 0.6) is 0 Å². The zero-order valence-corrected chi connectivity index (χ0v) is 11.2. The number of halogens is 1. The number of fused-ring (bicyclic) bond motifs is 1. The molecule has 86 valence electrons. The molecule has 1 aromatic carbocycles. The first-order valence-corrected chi connectivity index (χ1v) is 7.13. The smallest absolute Gasteiger partial charge is 0.0178 e. The third kappa shape index (κ3) is 2.05. The van der Waals surface area contributed by atoms with E-state index in [4.69, 9.17) is 0 Å². The molecule has 1 unspecified atom stereocenters. The summed E-state index contributed by atoms with van der Waals surface area (Å²) in [6.07, 6.45) is 6.69. The molecule has 0 aromatic heterocycles. The zero-order chi connectivity index (χ0) is 11.0. The lowest BCUT2D eigenvalue weighted by molar-refractivity contribution is 0.222. The molecule has 3 rings (SSSR count). The van der Waals surface area contributed by atoms with Crippen molar-refractivity contribution in [1.82, 2.24) is 4.90 Å². The third-order valence-corrected chi connectivity index (χ3v) is 4.52. The lowest BCUT2D eigenvalue weighted by atomic mass is 9.88. The van der Waals surface area contributed by atoms with Gasteiger partial charge in [0.05, 0.1) is 0 Å². The number of hydrogen-bond donors (Lipinski definition) is 0. The van der Waals surface area contributed by atoms with Crippen molar-refractivity contribution >= 4 is 15.9 Å². The molecule has 1 nitrogen and oxygen atoms in total. The van der Waals surface area contributed by atoms with E-state index in [1.807, 2.05) is 0 Å². The molecule has 1 aliphatic carbocycles. The molecule has 0 saturated carbocycles. The molecule has 1 fully saturated rings. The number of likely N-dealkylation sites (tertiary alicyclic amines) is 1. The normalized spacial score (nSPS) is 25.7. The summed E-state index contributed by atoms with van der Waals surface area (Å²) in [4.78, 5) is 2.70. The van der Waals surface area contributed by atoms with Gasteiger partial charge in [0, 0.05) is 10.5 Å². The van der Waals surface area contributed by atoms with E-state index < -0.39 is 0 Å². The van der Waals surface area contributed by atoms with Gasteiger partial charge in [0.15, 0.2) is 0 Å². The van der Waals surface area contributed by atoms with Crippen molar-refractivity contribution in [3.05, 3.63) is 33.8 Å². The second-order valence-electron chi connectivity index (χ2n) is 5.05.